The Balaban J connectivity index is 1.86. The third kappa shape index (κ3) is 8.55. The predicted octanol–water partition coefficient (Wildman–Crippen LogP) is 6.87. The highest BCUT2D eigenvalue weighted by Crippen LogP contribution is 2.29. The summed E-state index contributed by atoms with van der Waals surface area (Å²) in [5, 5.41) is 5.32. The number of hydrogen-bond acceptors (Lipinski definition) is 3. The number of benzene rings is 2. The van der Waals surface area contributed by atoms with Gasteiger partial charge in [-0.1, -0.05) is 51.2 Å². The smallest absolute Gasteiger partial charge is 0.397 e. The lowest BCUT2D eigenvalue weighted by Gasteiger charge is -2.16. The van der Waals surface area contributed by atoms with Crippen LogP contribution in [0.15, 0.2) is 42.5 Å². The highest BCUT2D eigenvalue weighted by Gasteiger charge is 2.30. The first-order valence-corrected chi connectivity index (χ1v) is 11.0. The molecule has 0 saturated carbocycles. The molecule has 2 rings (SSSR count). The molecule has 2 aromatic rings. The second-order valence-corrected chi connectivity index (χ2v) is 7.96. The van der Waals surface area contributed by atoms with Crippen LogP contribution in [-0.2, 0) is 17.5 Å². The highest BCUT2D eigenvalue weighted by molar-refractivity contribution is 5.97. The average Bonchev–Trinajstić information content (AvgIpc) is 2.78. The Hall–Kier alpha value is -2.84. The second kappa shape index (κ2) is 12.4. The molecule has 0 spiro atoms. The van der Waals surface area contributed by atoms with Crippen molar-refractivity contribution in [2.45, 2.75) is 70.5 Å². The third-order valence-electron chi connectivity index (χ3n) is 5.24. The molecule has 0 aliphatic rings. The molecule has 0 saturated heterocycles. The van der Waals surface area contributed by atoms with Crippen LogP contribution in [0.5, 0.6) is 0 Å². The van der Waals surface area contributed by atoms with Crippen LogP contribution in [0.3, 0.4) is 0 Å². The molecule has 0 fully saturated rings. The van der Waals surface area contributed by atoms with Gasteiger partial charge in [-0.3, -0.25) is 4.79 Å². The summed E-state index contributed by atoms with van der Waals surface area (Å²) in [5.74, 6) is -1.09. The summed E-state index contributed by atoms with van der Waals surface area (Å²) in [5.41, 5.74) is 6.66. The zero-order chi connectivity index (χ0) is 24.4. The SMILES string of the molecule is CCCCCCCC(F)C(F)C(=O)Nc1ccc(NCc2ccc(C(F)(F)F)cc2)cc1N. The number of nitrogens with one attached hydrogen (secondary N) is 2. The van der Waals surface area contributed by atoms with Crippen LogP contribution >= 0.6 is 0 Å². The van der Waals surface area contributed by atoms with E-state index in [-0.39, 0.29) is 24.3 Å². The minimum absolute atomic E-state index is 0.0133. The standard InChI is InChI=1S/C24H30F5N3O/c1-2-3-4-5-6-7-19(25)22(26)23(33)32-21-13-12-18(14-20(21)30)31-15-16-8-10-17(11-9-16)24(27,28)29/h8-14,19,22,31H,2-7,15,30H2,1H3,(H,32,33). The summed E-state index contributed by atoms with van der Waals surface area (Å²) in [6.07, 6.45) is -4.18. The van der Waals surface area contributed by atoms with Crippen molar-refractivity contribution < 1.29 is 26.7 Å². The molecular formula is C24H30F5N3O. The lowest BCUT2D eigenvalue weighted by Crippen LogP contribution is -2.32. The van der Waals surface area contributed by atoms with Crippen molar-refractivity contribution in [2.75, 3.05) is 16.4 Å². The number of nitrogen functional groups attached to an aromatic ring is 1. The van der Waals surface area contributed by atoms with Gasteiger partial charge in [0.25, 0.3) is 5.91 Å². The average molecular weight is 472 g/mol. The molecule has 33 heavy (non-hydrogen) atoms. The summed E-state index contributed by atoms with van der Waals surface area (Å²) < 4.78 is 66.1. The molecule has 0 aromatic heterocycles. The van der Waals surface area contributed by atoms with Crippen LogP contribution in [-0.4, -0.2) is 18.3 Å². The molecule has 0 aliphatic heterocycles. The van der Waals surface area contributed by atoms with Gasteiger partial charge in [0.15, 0.2) is 0 Å². The van der Waals surface area contributed by atoms with E-state index in [9.17, 15) is 26.7 Å². The number of nitrogens with two attached hydrogens (primary N) is 1. The van der Waals surface area contributed by atoms with Crippen molar-refractivity contribution in [3.05, 3.63) is 53.6 Å². The van der Waals surface area contributed by atoms with E-state index in [1.807, 2.05) is 0 Å². The summed E-state index contributed by atoms with van der Waals surface area (Å²) in [4.78, 5) is 12.1. The number of hydrogen-bond donors (Lipinski definition) is 3. The fourth-order valence-corrected chi connectivity index (χ4v) is 3.26. The first kappa shape index (κ1) is 26.4. The molecule has 0 radical (unpaired) electrons. The van der Waals surface area contributed by atoms with Crippen LogP contribution in [0.25, 0.3) is 0 Å². The molecule has 0 heterocycles. The maximum atomic E-state index is 14.2. The summed E-state index contributed by atoms with van der Waals surface area (Å²) >= 11 is 0. The molecule has 1 amide bonds. The Morgan fingerprint density at radius 1 is 1.00 bits per heavy atom. The van der Waals surface area contributed by atoms with Gasteiger partial charge in [0.05, 0.1) is 16.9 Å². The Bertz CT molecular complexity index is 887. The van der Waals surface area contributed by atoms with Crippen LogP contribution in [0.2, 0.25) is 0 Å². The van der Waals surface area contributed by atoms with Crippen molar-refractivity contribution in [1.29, 1.82) is 0 Å². The fourth-order valence-electron chi connectivity index (χ4n) is 3.26. The molecular weight excluding hydrogens is 441 g/mol. The number of carbonyl (C=O) groups excluding carboxylic acids is 1. The van der Waals surface area contributed by atoms with Gasteiger partial charge in [-0.15, -0.1) is 0 Å². The number of amides is 1. The van der Waals surface area contributed by atoms with Crippen LogP contribution in [0.1, 0.15) is 56.6 Å². The first-order chi connectivity index (χ1) is 15.6. The van der Waals surface area contributed by atoms with Crippen LogP contribution in [0, 0.1) is 0 Å². The quantitative estimate of drug-likeness (QED) is 0.180. The van der Waals surface area contributed by atoms with Crippen molar-refractivity contribution in [1.82, 2.24) is 0 Å². The summed E-state index contributed by atoms with van der Waals surface area (Å²) in [6, 6.07) is 9.25. The zero-order valence-electron chi connectivity index (χ0n) is 18.5. The Kier molecular flexibility index (Phi) is 9.94. The predicted molar refractivity (Wildman–Crippen MR) is 121 cm³/mol. The third-order valence-corrected chi connectivity index (χ3v) is 5.24. The van der Waals surface area contributed by atoms with E-state index in [4.69, 9.17) is 5.73 Å². The maximum Gasteiger partial charge on any atom is 0.416 e. The summed E-state index contributed by atoms with van der Waals surface area (Å²) in [7, 11) is 0. The molecule has 2 unspecified atom stereocenters. The minimum atomic E-state index is -4.39. The molecule has 4 nitrogen and oxygen atoms in total. The van der Waals surface area contributed by atoms with E-state index in [2.05, 4.69) is 17.6 Å². The van der Waals surface area contributed by atoms with Gasteiger partial charge in [0, 0.05) is 12.2 Å². The molecule has 0 bridgehead atoms. The van der Waals surface area contributed by atoms with E-state index in [0.29, 0.717) is 17.7 Å². The number of rotatable bonds is 12. The number of halogens is 5. The number of alkyl halides is 5. The maximum absolute atomic E-state index is 14.2. The second-order valence-electron chi connectivity index (χ2n) is 7.96. The van der Waals surface area contributed by atoms with Gasteiger partial charge in [0.1, 0.15) is 6.17 Å². The number of carbonyl (C=O) groups is 1. The first-order valence-electron chi connectivity index (χ1n) is 11.0. The van der Waals surface area contributed by atoms with E-state index in [0.717, 1.165) is 37.8 Å². The van der Waals surface area contributed by atoms with E-state index < -0.39 is 30.0 Å². The molecule has 2 atom stereocenters. The van der Waals surface area contributed by atoms with Gasteiger partial charge in [-0.2, -0.15) is 13.2 Å². The lowest BCUT2D eigenvalue weighted by molar-refractivity contribution is -0.137. The van der Waals surface area contributed by atoms with Gasteiger partial charge >= 0.3 is 6.18 Å². The van der Waals surface area contributed by atoms with Gasteiger partial charge < -0.3 is 16.4 Å². The molecule has 9 heteroatoms. The van der Waals surface area contributed by atoms with Crippen molar-refractivity contribution >= 4 is 23.0 Å². The zero-order valence-corrected chi connectivity index (χ0v) is 18.5. The molecule has 4 N–H and O–H groups in total. The topological polar surface area (TPSA) is 67.2 Å². The van der Waals surface area contributed by atoms with Gasteiger partial charge in [0.2, 0.25) is 6.17 Å². The lowest BCUT2D eigenvalue weighted by atomic mass is 10.1. The van der Waals surface area contributed by atoms with E-state index in [1.54, 1.807) is 6.07 Å². The van der Waals surface area contributed by atoms with Gasteiger partial charge in [-0.25, -0.2) is 8.78 Å². The van der Waals surface area contributed by atoms with Gasteiger partial charge in [-0.05, 0) is 42.3 Å². The normalized spacial score (nSPS) is 13.4. The van der Waals surface area contributed by atoms with Crippen molar-refractivity contribution in [2.24, 2.45) is 0 Å². The van der Waals surface area contributed by atoms with Crippen LogP contribution < -0.4 is 16.4 Å². The van der Waals surface area contributed by atoms with Crippen molar-refractivity contribution in [3.63, 3.8) is 0 Å². The molecule has 0 aliphatic carbocycles. The molecule has 182 valence electrons. The Morgan fingerprint density at radius 2 is 1.67 bits per heavy atom. The number of unbranched alkanes of at least 4 members (excludes halogenated alkanes) is 4. The number of anilines is 3. The Labute approximate surface area is 190 Å². The fraction of sp³-hybridized carbons (Fsp3) is 0.458. The van der Waals surface area contributed by atoms with Crippen LogP contribution in [0.4, 0.5) is 39.0 Å². The summed E-state index contributed by atoms with van der Waals surface area (Å²) in [6.45, 7) is 2.31. The highest BCUT2D eigenvalue weighted by atomic mass is 19.4. The Morgan fingerprint density at radius 3 is 2.27 bits per heavy atom. The largest absolute Gasteiger partial charge is 0.416 e. The minimum Gasteiger partial charge on any atom is -0.397 e. The van der Waals surface area contributed by atoms with E-state index in [1.165, 1.54) is 24.3 Å². The monoisotopic (exact) mass is 471 g/mol. The van der Waals surface area contributed by atoms with E-state index >= 15 is 0 Å². The van der Waals surface area contributed by atoms with Crippen molar-refractivity contribution in [3.8, 4) is 0 Å². The molecule has 2 aromatic carbocycles.